The van der Waals surface area contributed by atoms with Crippen LogP contribution in [0.25, 0.3) is 22.0 Å². The molecule has 0 N–H and O–H groups in total. The van der Waals surface area contributed by atoms with Crippen LogP contribution in [-0.4, -0.2) is 24.7 Å². The van der Waals surface area contributed by atoms with Crippen molar-refractivity contribution in [3.8, 4) is 22.0 Å². The molecule has 31 heavy (non-hydrogen) atoms. The van der Waals surface area contributed by atoms with Crippen LogP contribution in [0.5, 0.6) is 0 Å². The van der Waals surface area contributed by atoms with Crippen molar-refractivity contribution in [2.45, 2.75) is 36.0 Å². The zero-order valence-electron chi connectivity index (χ0n) is 16.1. The molecule has 0 bridgehead atoms. The van der Waals surface area contributed by atoms with E-state index < -0.39 is 11.7 Å². The van der Waals surface area contributed by atoms with Crippen LogP contribution in [0, 0.1) is 0 Å². The number of benzene rings is 1. The standard InChI is InChI=1S/C21H16F3N5S2/c22-21(23,24)15-3-1-14(2-4-15)19-26-16(11-30-19)12-31-20-28-27-18(29(20)17-5-6-17)13-7-9-25-10-8-13/h1-4,7-11,17H,5-6,12H2. The zero-order valence-corrected chi connectivity index (χ0v) is 17.7. The molecule has 158 valence electrons. The lowest BCUT2D eigenvalue weighted by Crippen LogP contribution is -2.03. The average molecular weight is 460 g/mol. The van der Waals surface area contributed by atoms with Crippen molar-refractivity contribution in [2.24, 2.45) is 0 Å². The summed E-state index contributed by atoms with van der Waals surface area (Å²) in [7, 11) is 0. The Kier molecular flexibility index (Phi) is 5.27. The lowest BCUT2D eigenvalue weighted by atomic mass is 10.1. The fourth-order valence-electron chi connectivity index (χ4n) is 3.18. The summed E-state index contributed by atoms with van der Waals surface area (Å²) in [6.07, 6.45) is 1.37. The summed E-state index contributed by atoms with van der Waals surface area (Å²) < 4.78 is 40.5. The van der Waals surface area contributed by atoms with Crippen molar-refractivity contribution in [2.75, 3.05) is 0 Å². The van der Waals surface area contributed by atoms with Gasteiger partial charge < -0.3 is 0 Å². The van der Waals surface area contributed by atoms with Crippen molar-refractivity contribution in [3.63, 3.8) is 0 Å². The van der Waals surface area contributed by atoms with E-state index in [4.69, 9.17) is 0 Å². The van der Waals surface area contributed by atoms with E-state index in [1.54, 1.807) is 24.2 Å². The van der Waals surface area contributed by atoms with Gasteiger partial charge >= 0.3 is 6.18 Å². The van der Waals surface area contributed by atoms with E-state index in [0.29, 0.717) is 22.4 Å². The van der Waals surface area contributed by atoms with E-state index in [2.05, 4.69) is 24.7 Å². The van der Waals surface area contributed by atoms with E-state index in [1.807, 2.05) is 17.5 Å². The fourth-order valence-corrected chi connectivity index (χ4v) is 5.01. The number of thiazole rings is 1. The maximum absolute atomic E-state index is 12.8. The Balaban J connectivity index is 1.32. The van der Waals surface area contributed by atoms with Crippen molar-refractivity contribution in [1.82, 2.24) is 24.7 Å². The number of rotatable bonds is 6. The van der Waals surface area contributed by atoms with Gasteiger partial charge in [0.1, 0.15) is 5.01 Å². The Hall–Kier alpha value is -2.72. The third-order valence-corrected chi connectivity index (χ3v) is 6.79. The maximum atomic E-state index is 12.8. The Morgan fingerprint density at radius 3 is 2.42 bits per heavy atom. The van der Waals surface area contributed by atoms with E-state index in [1.165, 1.54) is 23.5 Å². The number of hydrogen-bond acceptors (Lipinski definition) is 6. The molecule has 0 aliphatic heterocycles. The first-order valence-electron chi connectivity index (χ1n) is 9.59. The van der Waals surface area contributed by atoms with Crippen LogP contribution in [-0.2, 0) is 11.9 Å². The van der Waals surface area contributed by atoms with Gasteiger partial charge in [0.15, 0.2) is 11.0 Å². The lowest BCUT2D eigenvalue weighted by Gasteiger charge is -2.08. The molecule has 1 saturated carbocycles. The highest BCUT2D eigenvalue weighted by atomic mass is 32.2. The van der Waals surface area contributed by atoms with E-state index >= 15 is 0 Å². The molecule has 0 spiro atoms. The number of alkyl halides is 3. The maximum Gasteiger partial charge on any atom is 0.416 e. The molecule has 5 rings (SSSR count). The highest BCUT2D eigenvalue weighted by molar-refractivity contribution is 7.98. The molecule has 1 fully saturated rings. The van der Waals surface area contributed by atoms with Crippen molar-refractivity contribution < 1.29 is 13.2 Å². The molecule has 5 nitrogen and oxygen atoms in total. The molecule has 1 aliphatic carbocycles. The van der Waals surface area contributed by atoms with Gasteiger partial charge in [0.2, 0.25) is 0 Å². The zero-order chi connectivity index (χ0) is 21.4. The number of aromatic nitrogens is 5. The SMILES string of the molecule is FC(F)(F)c1ccc(-c2nc(CSc3nnc(-c4ccncc4)n3C3CC3)cs2)cc1. The van der Waals surface area contributed by atoms with Crippen LogP contribution in [0.4, 0.5) is 13.2 Å². The summed E-state index contributed by atoms with van der Waals surface area (Å²) in [4.78, 5) is 8.66. The number of hydrogen-bond donors (Lipinski definition) is 0. The molecule has 4 aromatic rings. The molecule has 10 heteroatoms. The van der Waals surface area contributed by atoms with Crippen molar-refractivity contribution >= 4 is 23.1 Å². The van der Waals surface area contributed by atoms with Gasteiger partial charge in [-0.2, -0.15) is 13.2 Å². The van der Waals surface area contributed by atoms with Gasteiger partial charge in [0.05, 0.1) is 11.3 Å². The summed E-state index contributed by atoms with van der Waals surface area (Å²) in [5.74, 6) is 1.45. The summed E-state index contributed by atoms with van der Waals surface area (Å²) in [5.41, 5.74) is 1.86. The second-order valence-electron chi connectivity index (χ2n) is 7.15. The number of halogens is 3. The molecule has 0 atom stereocenters. The molecule has 1 aromatic carbocycles. The molecule has 3 heterocycles. The van der Waals surface area contributed by atoms with Crippen LogP contribution < -0.4 is 0 Å². The normalized spacial score (nSPS) is 14.2. The molecule has 0 saturated heterocycles. The Morgan fingerprint density at radius 2 is 1.74 bits per heavy atom. The predicted molar refractivity (Wildman–Crippen MR) is 114 cm³/mol. The second-order valence-corrected chi connectivity index (χ2v) is 8.95. The quantitative estimate of drug-likeness (QED) is 0.326. The van der Waals surface area contributed by atoms with Gasteiger partial charge in [0, 0.05) is 40.7 Å². The summed E-state index contributed by atoms with van der Waals surface area (Å²) >= 11 is 2.99. The average Bonchev–Trinajstić information content (AvgIpc) is 3.34. The van der Waals surface area contributed by atoms with Crippen LogP contribution in [0.15, 0.2) is 59.3 Å². The number of nitrogens with zero attached hydrogens (tertiary/aromatic N) is 5. The summed E-state index contributed by atoms with van der Waals surface area (Å²) in [5, 5.41) is 12.3. The number of thioether (sulfide) groups is 1. The van der Waals surface area contributed by atoms with E-state index in [9.17, 15) is 13.2 Å². The summed E-state index contributed by atoms with van der Waals surface area (Å²) in [6, 6.07) is 9.36. The minimum Gasteiger partial charge on any atom is -0.299 e. The molecular weight excluding hydrogens is 443 g/mol. The molecule has 0 radical (unpaired) electrons. The highest BCUT2D eigenvalue weighted by Crippen LogP contribution is 2.41. The van der Waals surface area contributed by atoms with Crippen LogP contribution in [0.2, 0.25) is 0 Å². The third-order valence-electron chi connectivity index (χ3n) is 4.88. The van der Waals surface area contributed by atoms with Crippen molar-refractivity contribution in [3.05, 3.63) is 65.4 Å². The largest absolute Gasteiger partial charge is 0.416 e. The van der Waals surface area contributed by atoms with Crippen LogP contribution in [0.3, 0.4) is 0 Å². The monoisotopic (exact) mass is 459 g/mol. The second kappa shape index (κ2) is 8.08. The first-order valence-corrected chi connectivity index (χ1v) is 11.5. The Labute approximate surface area is 184 Å². The number of pyridine rings is 1. The topological polar surface area (TPSA) is 56.5 Å². The van der Waals surface area contributed by atoms with Gasteiger partial charge in [-0.25, -0.2) is 4.98 Å². The van der Waals surface area contributed by atoms with Crippen LogP contribution >= 0.6 is 23.1 Å². The molecule has 0 amide bonds. The minimum atomic E-state index is -4.34. The van der Waals surface area contributed by atoms with Gasteiger partial charge in [0.25, 0.3) is 0 Å². The van der Waals surface area contributed by atoms with Gasteiger partial charge in [-0.05, 0) is 37.1 Å². The molecule has 3 aromatic heterocycles. The Morgan fingerprint density at radius 1 is 1.00 bits per heavy atom. The fraction of sp³-hybridized carbons (Fsp3) is 0.238. The van der Waals surface area contributed by atoms with Crippen molar-refractivity contribution in [1.29, 1.82) is 0 Å². The minimum absolute atomic E-state index is 0.416. The Bertz CT molecular complexity index is 1180. The molecule has 0 unspecified atom stereocenters. The van der Waals surface area contributed by atoms with E-state index in [-0.39, 0.29) is 0 Å². The first-order chi connectivity index (χ1) is 15.0. The first kappa shape index (κ1) is 20.2. The third kappa shape index (κ3) is 4.35. The highest BCUT2D eigenvalue weighted by Gasteiger charge is 2.31. The van der Waals surface area contributed by atoms with Crippen LogP contribution in [0.1, 0.15) is 30.1 Å². The summed E-state index contributed by atoms with van der Waals surface area (Å²) in [6.45, 7) is 0. The predicted octanol–water partition coefficient (Wildman–Crippen LogP) is 6.11. The molecular formula is C21H16F3N5S2. The molecule has 1 aliphatic rings. The van der Waals surface area contributed by atoms with Gasteiger partial charge in [-0.15, -0.1) is 21.5 Å². The smallest absolute Gasteiger partial charge is 0.299 e. The van der Waals surface area contributed by atoms with Gasteiger partial charge in [-0.3, -0.25) is 9.55 Å². The lowest BCUT2D eigenvalue weighted by molar-refractivity contribution is -0.137. The van der Waals surface area contributed by atoms with E-state index in [0.717, 1.165) is 47.2 Å². The van der Waals surface area contributed by atoms with Gasteiger partial charge in [-0.1, -0.05) is 23.9 Å².